The summed E-state index contributed by atoms with van der Waals surface area (Å²) in [5, 5.41) is 6.73. The molecule has 148 valence electrons. The first kappa shape index (κ1) is 22.8. The maximum atomic E-state index is 5.42. The van der Waals surface area contributed by atoms with Crippen LogP contribution >= 0.6 is 24.0 Å². The molecule has 1 aliphatic rings. The molecule has 26 heavy (non-hydrogen) atoms. The minimum Gasteiger partial charge on any atom is -0.454 e. The normalized spacial score (nSPS) is 13.3. The Balaban J connectivity index is 0.00000338. The van der Waals surface area contributed by atoms with E-state index in [2.05, 4.69) is 55.1 Å². The van der Waals surface area contributed by atoms with E-state index in [1.54, 1.807) is 0 Å². The van der Waals surface area contributed by atoms with Crippen LogP contribution in [0.2, 0.25) is 0 Å². The zero-order valence-corrected chi connectivity index (χ0v) is 18.9. The standard InChI is InChI=1S/C19H32N4O2.HI/c1-6-20-19(21-9-10-23(14(2)3)15(4)5)22-12-16-7-8-17-18(11-16)25-13-24-17;/h7-8,11,14-15H,6,9-10,12-13H2,1-5H3,(H2,20,21,22);1H. The van der Waals surface area contributed by atoms with Gasteiger partial charge in [-0.15, -0.1) is 24.0 Å². The van der Waals surface area contributed by atoms with Crippen LogP contribution in [-0.2, 0) is 6.54 Å². The van der Waals surface area contributed by atoms with Crippen LogP contribution in [0.15, 0.2) is 23.2 Å². The summed E-state index contributed by atoms with van der Waals surface area (Å²) in [7, 11) is 0. The zero-order chi connectivity index (χ0) is 18.2. The molecule has 0 saturated carbocycles. The summed E-state index contributed by atoms with van der Waals surface area (Å²) >= 11 is 0. The first-order valence-electron chi connectivity index (χ1n) is 9.17. The second kappa shape index (κ2) is 11.5. The Morgan fingerprint density at radius 2 is 1.81 bits per heavy atom. The number of guanidine groups is 1. The van der Waals surface area contributed by atoms with Gasteiger partial charge in [-0.05, 0) is 52.3 Å². The van der Waals surface area contributed by atoms with Crippen molar-refractivity contribution >= 4 is 29.9 Å². The summed E-state index contributed by atoms with van der Waals surface area (Å²) in [5.74, 6) is 2.45. The van der Waals surface area contributed by atoms with Crippen molar-refractivity contribution in [3.8, 4) is 11.5 Å². The number of halogens is 1. The Kier molecular flexibility index (Phi) is 10.1. The number of nitrogens with one attached hydrogen (secondary N) is 2. The van der Waals surface area contributed by atoms with E-state index in [0.717, 1.165) is 42.7 Å². The molecule has 0 fully saturated rings. The van der Waals surface area contributed by atoms with Crippen LogP contribution < -0.4 is 20.1 Å². The summed E-state index contributed by atoms with van der Waals surface area (Å²) in [5.41, 5.74) is 1.10. The van der Waals surface area contributed by atoms with E-state index >= 15 is 0 Å². The molecule has 0 saturated heterocycles. The number of nitrogens with zero attached hydrogens (tertiary/aromatic N) is 2. The van der Waals surface area contributed by atoms with Crippen LogP contribution in [0.4, 0.5) is 0 Å². The molecule has 2 N–H and O–H groups in total. The van der Waals surface area contributed by atoms with E-state index < -0.39 is 0 Å². The molecule has 6 nitrogen and oxygen atoms in total. The smallest absolute Gasteiger partial charge is 0.231 e. The van der Waals surface area contributed by atoms with Crippen molar-refractivity contribution in [2.75, 3.05) is 26.4 Å². The molecule has 1 aliphatic heterocycles. The van der Waals surface area contributed by atoms with E-state index in [1.165, 1.54) is 0 Å². The Hall–Kier alpha value is -1.22. The van der Waals surface area contributed by atoms with Crippen molar-refractivity contribution in [3.05, 3.63) is 23.8 Å². The summed E-state index contributed by atoms with van der Waals surface area (Å²) in [6, 6.07) is 7.04. The van der Waals surface area contributed by atoms with E-state index in [4.69, 9.17) is 9.47 Å². The van der Waals surface area contributed by atoms with Gasteiger partial charge in [0.2, 0.25) is 6.79 Å². The van der Waals surface area contributed by atoms with Crippen LogP contribution in [0, 0.1) is 0 Å². The highest BCUT2D eigenvalue weighted by Crippen LogP contribution is 2.32. The average Bonchev–Trinajstić information content (AvgIpc) is 3.03. The Morgan fingerprint density at radius 3 is 2.46 bits per heavy atom. The maximum absolute atomic E-state index is 5.42. The Labute approximate surface area is 174 Å². The predicted molar refractivity (Wildman–Crippen MR) is 118 cm³/mol. The number of rotatable bonds is 8. The van der Waals surface area contributed by atoms with Crippen molar-refractivity contribution in [1.29, 1.82) is 0 Å². The highest BCUT2D eigenvalue weighted by molar-refractivity contribution is 14.0. The molecular formula is C19H33IN4O2. The SMILES string of the molecule is CCNC(=NCc1ccc2c(c1)OCO2)NCCN(C(C)C)C(C)C.I. The molecule has 7 heteroatoms. The summed E-state index contributed by atoms with van der Waals surface area (Å²) < 4.78 is 10.8. The summed E-state index contributed by atoms with van der Waals surface area (Å²) in [6.45, 7) is 14.6. The van der Waals surface area contributed by atoms with Gasteiger partial charge in [0, 0.05) is 31.7 Å². The second-order valence-electron chi connectivity index (χ2n) is 6.73. The molecular weight excluding hydrogens is 443 g/mol. The van der Waals surface area contributed by atoms with Gasteiger partial charge < -0.3 is 20.1 Å². The van der Waals surface area contributed by atoms with Crippen molar-refractivity contribution < 1.29 is 9.47 Å². The van der Waals surface area contributed by atoms with Gasteiger partial charge in [-0.3, -0.25) is 4.90 Å². The van der Waals surface area contributed by atoms with Crippen LogP contribution in [0.3, 0.4) is 0 Å². The van der Waals surface area contributed by atoms with Gasteiger partial charge in [-0.25, -0.2) is 4.99 Å². The lowest BCUT2D eigenvalue weighted by Gasteiger charge is -2.30. The van der Waals surface area contributed by atoms with Gasteiger partial charge in [-0.2, -0.15) is 0 Å². The lowest BCUT2D eigenvalue weighted by molar-refractivity contribution is 0.174. The fourth-order valence-corrected chi connectivity index (χ4v) is 2.97. The van der Waals surface area contributed by atoms with Gasteiger partial charge in [0.05, 0.1) is 6.54 Å². The molecule has 1 aromatic rings. The van der Waals surface area contributed by atoms with Crippen molar-refractivity contribution in [2.24, 2.45) is 4.99 Å². The molecule has 1 aromatic carbocycles. The number of aliphatic imine (C=N–C) groups is 1. The van der Waals surface area contributed by atoms with Gasteiger partial charge in [0.25, 0.3) is 0 Å². The Bertz CT molecular complexity index is 571. The molecule has 1 heterocycles. The number of hydrogen-bond acceptors (Lipinski definition) is 4. The third kappa shape index (κ3) is 6.83. The van der Waals surface area contributed by atoms with E-state index in [-0.39, 0.29) is 24.0 Å². The average molecular weight is 476 g/mol. The fourth-order valence-electron chi connectivity index (χ4n) is 2.97. The third-order valence-electron chi connectivity index (χ3n) is 4.19. The first-order valence-corrected chi connectivity index (χ1v) is 9.17. The van der Waals surface area contributed by atoms with Crippen molar-refractivity contribution in [3.63, 3.8) is 0 Å². The van der Waals surface area contributed by atoms with E-state index in [0.29, 0.717) is 25.4 Å². The lowest BCUT2D eigenvalue weighted by atomic mass is 10.2. The minimum absolute atomic E-state index is 0. The first-order chi connectivity index (χ1) is 12.0. The lowest BCUT2D eigenvalue weighted by Crippen LogP contribution is -2.45. The van der Waals surface area contributed by atoms with Crippen molar-refractivity contribution in [2.45, 2.75) is 53.2 Å². The van der Waals surface area contributed by atoms with E-state index in [9.17, 15) is 0 Å². The monoisotopic (exact) mass is 476 g/mol. The Morgan fingerprint density at radius 1 is 1.12 bits per heavy atom. The number of ether oxygens (including phenoxy) is 2. The molecule has 0 bridgehead atoms. The molecule has 0 aromatic heterocycles. The van der Waals surface area contributed by atoms with Crippen LogP contribution in [-0.4, -0.2) is 49.4 Å². The van der Waals surface area contributed by atoms with Gasteiger partial charge in [-0.1, -0.05) is 6.07 Å². The topological polar surface area (TPSA) is 58.1 Å². The largest absolute Gasteiger partial charge is 0.454 e. The third-order valence-corrected chi connectivity index (χ3v) is 4.19. The van der Waals surface area contributed by atoms with E-state index in [1.807, 2.05) is 18.2 Å². The quantitative estimate of drug-likeness (QED) is 0.343. The summed E-state index contributed by atoms with van der Waals surface area (Å²) in [6.07, 6.45) is 0. The zero-order valence-electron chi connectivity index (χ0n) is 16.5. The van der Waals surface area contributed by atoms with Crippen LogP contribution in [0.25, 0.3) is 0 Å². The highest BCUT2D eigenvalue weighted by Gasteiger charge is 2.14. The van der Waals surface area contributed by atoms with Crippen LogP contribution in [0.1, 0.15) is 40.2 Å². The molecule has 0 atom stereocenters. The van der Waals surface area contributed by atoms with Crippen LogP contribution in [0.5, 0.6) is 11.5 Å². The molecule has 0 radical (unpaired) electrons. The minimum atomic E-state index is 0. The molecule has 0 aliphatic carbocycles. The second-order valence-corrected chi connectivity index (χ2v) is 6.73. The molecule has 0 amide bonds. The van der Waals surface area contributed by atoms with Gasteiger partial charge >= 0.3 is 0 Å². The summed E-state index contributed by atoms with van der Waals surface area (Å²) in [4.78, 5) is 7.14. The highest BCUT2D eigenvalue weighted by atomic mass is 127. The van der Waals surface area contributed by atoms with Gasteiger partial charge in [0.15, 0.2) is 17.5 Å². The predicted octanol–water partition coefficient (Wildman–Crippen LogP) is 3.21. The molecule has 2 rings (SSSR count). The van der Waals surface area contributed by atoms with Crippen molar-refractivity contribution in [1.82, 2.24) is 15.5 Å². The number of hydrogen-bond donors (Lipinski definition) is 2. The number of fused-ring (bicyclic) bond motifs is 1. The molecule has 0 unspecified atom stereocenters. The maximum Gasteiger partial charge on any atom is 0.231 e. The fraction of sp³-hybridized carbons (Fsp3) is 0.632. The molecule has 0 spiro atoms. The van der Waals surface area contributed by atoms with Gasteiger partial charge in [0.1, 0.15) is 0 Å². The number of benzene rings is 1.